The molecule has 0 saturated carbocycles. The van der Waals surface area contributed by atoms with E-state index >= 15 is 0 Å². The molecule has 1 aliphatic carbocycles. The largest absolute Gasteiger partial charge is 2.00 e. The van der Waals surface area contributed by atoms with Crippen LogP contribution in [0.3, 0.4) is 0 Å². The molecule has 7 aromatic rings. The summed E-state index contributed by atoms with van der Waals surface area (Å²) >= 11 is 0. The zero-order valence-electron chi connectivity index (χ0n) is 32.1. The molecule has 0 atom stereocenters. The Morgan fingerprint density at radius 1 is 0.647 bits per heavy atom. The minimum absolute atomic E-state index is 0. The van der Waals surface area contributed by atoms with Crippen molar-refractivity contribution in [1.82, 2.24) is 0 Å². The first-order chi connectivity index (χ1) is 23.9. The fourth-order valence-corrected chi connectivity index (χ4v) is 7.28. The predicted octanol–water partition coefficient (Wildman–Crippen LogP) is 13.9. The molecule has 0 amide bonds. The van der Waals surface area contributed by atoms with Crippen LogP contribution in [0, 0.1) is 6.07 Å². The molecule has 0 heterocycles. The number of hydrogen-bond acceptors (Lipinski definition) is 0. The van der Waals surface area contributed by atoms with Crippen LogP contribution in [0.15, 0.2) is 115 Å². The number of hydrogen-bond donors (Lipinski definition) is 0. The molecule has 2 heteroatoms. The van der Waals surface area contributed by atoms with Gasteiger partial charge in [-0.05, 0) is 68.0 Å². The van der Waals surface area contributed by atoms with Crippen LogP contribution in [0.5, 0.6) is 0 Å². The standard InChI is InChI=1S/C26H21.C21H25.C2H6Si.Zr/c1-2-8-18-15-19-11-7-14-24(25(19)16-18)26-22-12-5-3-9-20(22)17-21-10-4-6-13-23(21)26;1-20(2,3)16-7-9-18-14(12-16)11-15-13-17(21(4,5)6)8-10-19(15)18;1-3-2;/h3-7,9-17H,2,8H2,1H3;7-10,12H,11H2,1-6H3;1-2H3;/q2*-1;;+2. The Kier molecular flexibility index (Phi) is 12.2. The van der Waals surface area contributed by atoms with Crippen molar-refractivity contribution < 1.29 is 26.2 Å². The van der Waals surface area contributed by atoms with Crippen molar-refractivity contribution in [3.05, 3.63) is 149 Å². The van der Waals surface area contributed by atoms with Gasteiger partial charge in [-0.1, -0.05) is 152 Å². The minimum atomic E-state index is 0. The van der Waals surface area contributed by atoms with E-state index in [1.54, 1.807) is 0 Å². The van der Waals surface area contributed by atoms with Gasteiger partial charge >= 0.3 is 26.2 Å². The summed E-state index contributed by atoms with van der Waals surface area (Å²) in [7, 11) is 1.08. The first-order valence-electron chi connectivity index (χ1n) is 18.3. The van der Waals surface area contributed by atoms with Crippen LogP contribution in [-0.4, -0.2) is 9.52 Å². The third kappa shape index (κ3) is 8.29. The topological polar surface area (TPSA) is 0 Å². The van der Waals surface area contributed by atoms with Gasteiger partial charge in [-0.15, -0.1) is 45.7 Å². The molecule has 0 nitrogen and oxygen atoms in total. The Balaban J connectivity index is 0.000000184. The molecule has 8 rings (SSSR count). The van der Waals surface area contributed by atoms with Crippen LogP contribution in [0.4, 0.5) is 0 Å². The summed E-state index contributed by atoms with van der Waals surface area (Å²) in [5.41, 5.74) is 12.9. The molecule has 0 bridgehead atoms. The van der Waals surface area contributed by atoms with Crippen molar-refractivity contribution >= 4 is 41.8 Å². The molecule has 0 N–H and O–H groups in total. The quantitative estimate of drug-likeness (QED) is 0.0956. The Bertz CT molecular complexity index is 2160. The van der Waals surface area contributed by atoms with Crippen LogP contribution in [0.1, 0.15) is 82.7 Å². The van der Waals surface area contributed by atoms with Gasteiger partial charge in [0.15, 0.2) is 0 Å². The third-order valence-electron chi connectivity index (χ3n) is 9.85. The maximum atomic E-state index is 3.67. The summed E-state index contributed by atoms with van der Waals surface area (Å²) in [6, 6.07) is 46.5. The average Bonchev–Trinajstić information content (AvgIpc) is 3.67. The van der Waals surface area contributed by atoms with E-state index in [2.05, 4.69) is 183 Å². The molecule has 256 valence electrons. The molecule has 0 aliphatic heterocycles. The van der Waals surface area contributed by atoms with Crippen molar-refractivity contribution in [3.8, 4) is 22.3 Å². The van der Waals surface area contributed by atoms with Gasteiger partial charge in [-0.2, -0.15) is 29.8 Å². The van der Waals surface area contributed by atoms with E-state index in [1.165, 1.54) is 88.8 Å². The summed E-state index contributed by atoms with van der Waals surface area (Å²) < 4.78 is 0. The monoisotopic (exact) mass is 758 g/mol. The summed E-state index contributed by atoms with van der Waals surface area (Å²) in [5, 5.41) is 7.99. The number of benzene rings is 6. The van der Waals surface area contributed by atoms with Crippen molar-refractivity contribution in [1.29, 1.82) is 0 Å². The van der Waals surface area contributed by atoms with Crippen LogP contribution in [0.2, 0.25) is 13.1 Å². The zero-order valence-corrected chi connectivity index (χ0v) is 35.5. The molecule has 0 saturated heterocycles. The fourth-order valence-electron chi connectivity index (χ4n) is 7.28. The summed E-state index contributed by atoms with van der Waals surface area (Å²) in [6.45, 7) is 20.2. The maximum absolute atomic E-state index is 3.67. The molecule has 2 radical (unpaired) electrons. The van der Waals surface area contributed by atoms with E-state index in [4.69, 9.17) is 0 Å². The van der Waals surface area contributed by atoms with E-state index in [9.17, 15) is 0 Å². The van der Waals surface area contributed by atoms with Crippen molar-refractivity contribution in [3.63, 3.8) is 0 Å². The molecule has 7 aromatic carbocycles. The van der Waals surface area contributed by atoms with Crippen LogP contribution in [0.25, 0.3) is 54.6 Å². The predicted molar refractivity (Wildman–Crippen MR) is 222 cm³/mol. The number of aryl methyl sites for hydroxylation is 1. The Hall–Kier alpha value is -3.45. The van der Waals surface area contributed by atoms with Crippen molar-refractivity contribution in [2.24, 2.45) is 0 Å². The second-order valence-electron chi connectivity index (χ2n) is 15.9. The van der Waals surface area contributed by atoms with Gasteiger partial charge in [0, 0.05) is 9.52 Å². The average molecular weight is 760 g/mol. The minimum Gasteiger partial charge on any atom is -0.175 e. The van der Waals surface area contributed by atoms with E-state index < -0.39 is 0 Å². The van der Waals surface area contributed by atoms with Crippen LogP contribution in [-0.2, 0) is 49.9 Å². The molecular weight excluding hydrogens is 708 g/mol. The maximum Gasteiger partial charge on any atom is 2.00 e. The molecule has 0 aromatic heterocycles. The Labute approximate surface area is 329 Å². The van der Waals surface area contributed by atoms with Crippen molar-refractivity contribution in [2.75, 3.05) is 0 Å². The summed E-state index contributed by atoms with van der Waals surface area (Å²) in [4.78, 5) is 0. The van der Waals surface area contributed by atoms with Crippen LogP contribution >= 0.6 is 0 Å². The third-order valence-corrected chi connectivity index (χ3v) is 9.85. The second-order valence-corrected chi connectivity index (χ2v) is 16.9. The van der Waals surface area contributed by atoms with Crippen molar-refractivity contribution in [2.45, 2.75) is 91.7 Å². The second kappa shape index (κ2) is 16.1. The first-order valence-corrected chi connectivity index (χ1v) is 20.3. The molecule has 0 unspecified atom stereocenters. The van der Waals surface area contributed by atoms with Gasteiger partial charge in [0.1, 0.15) is 0 Å². The number of rotatable bonds is 3. The summed E-state index contributed by atoms with van der Waals surface area (Å²) in [6.07, 6.45) is 3.35. The van der Waals surface area contributed by atoms with Gasteiger partial charge < -0.3 is 0 Å². The van der Waals surface area contributed by atoms with Gasteiger partial charge in [-0.25, -0.2) is 0 Å². The molecular formula is C49H52SiZr. The smallest absolute Gasteiger partial charge is 0.175 e. The van der Waals surface area contributed by atoms with E-state index in [-0.39, 0.29) is 37.0 Å². The molecule has 51 heavy (non-hydrogen) atoms. The van der Waals surface area contributed by atoms with E-state index in [0.717, 1.165) is 22.4 Å². The fraction of sp³-hybridized carbons (Fsp3) is 0.286. The summed E-state index contributed by atoms with van der Waals surface area (Å²) in [5.74, 6) is 0. The zero-order chi connectivity index (χ0) is 35.6. The van der Waals surface area contributed by atoms with E-state index in [1.807, 2.05) is 0 Å². The molecule has 0 fully saturated rings. The van der Waals surface area contributed by atoms with Gasteiger partial charge in [0.25, 0.3) is 0 Å². The van der Waals surface area contributed by atoms with Crippen LogP contribution < -0.4 is 0 Å². The molecule has 1 aliphatic rings. The first kappa shape index (κ1) is 38.8. The number of fused-ring (bicyclic) bond motifs is 6. The van der Waals surface area contributed by atoms with E-state index in [0.29, 0.717) is 0 Å². The van der Waals surface area contributed by atoms with Gasteiger partial charge in [0.05, 0.1) is 0 Å². The van der Waals surface area contributed by atoms with Gasteiger partial charge in [-0.3, -0.25) is 0 Å². The normalized spacial score (nSPS) is 12.0. The van der Waals surface area contributed by atoms with Gasteiger partial charge in [0.2, 0.25) is 0 Å². The Morgan fingerprint density at radius 3 is 1.88 bits per heavy atom. The Morgan fingerprint density at radius 2 is 1.27 bits per heavy atom. The molecule has 0 spiro atoms. The SMILES string of the molecule is CC(C)(C)c1[c-]c2c(cc1)-c1ccc(C(C)(C)C)cc1C2.CCCc1cc2c(-c3c4ccccc4cc4ccccc34)cccc2[cH-]1.C[Si]C.[Zr+2].